The van der Waals surface area contributed by atoms with Crippen LogP contribution in [0.25, 0.3) is 0 Å². The van der Waals surface area contributed by atoms with Crippen molar-refractivity contribution in [3.63, 3.8) is 0 Å². The summed E-state index contributed by atoms with van der Waals surface area (Å²) in [7, 11) is 1.60. The smallest absolute Gasteiger partial charge is 0.261 e. The normalized spacial score (nSPS) is 21.9. The molecule has 1 aliphatic rings. The van der Waals surface area contributed by atoms with Crippen molar-refractivity contribution in [2.24, 2.45) is 11.7 Å². The van der Waals surface area contributed by atoms with Gasteiger partial charge in [-0.1, -0.05) is 12.8 Å². The van der Waals surface area contributed by atoms with E-state index in [9.17, 15) is 4.79 Å². The molecule has 3 N–H and O–H groups in total. The molecule has 0 spiro atoms. The molecule has 0 radical (unpaired) electrons. The second-order valence-corrected chi connectivity index (χ2v) is 7.18. The predicted octanol–water partition coefficient (Wildman–Crippen LogP) is 3.19. The number of methoxy groups -OCH3 is 1. The average Bonchev–Trinajstić information content (AvgIpc) is 2.80. The number of ether oxygens (including phenoxy) is 1. The van der Waals surface area contributed by atoms with E-state index >= 15 is 0 Å². The van der Waals surface area contributed by atoms with E-state index in [2.05, 4.69) is 21.2 Å². The minimum atomic E-state index is -0.0284. The molecule has 2 atom stereocenters. The third-order valence-electron chi connectivity index (χ3n) is 3.63. The van der Waals surface area contributed by atoms with Crippen molar-refractivity contribution in [3.05, 3.63) is 14.7 Å². The molecule has 2 rings (SSSR count). The fourth-order valence-electron chi connectivity index (χ4n) is 2.52. The molecule has 0 saturated heterocycles. The fraction of sp³-hybridized carbons (Fsp3) is 0.615. The van der Waals surface area contributed by atoms with Gasteiger partial charge in [0.1, 0.15) is 9.54 Å². The van der Waals surface area contributed by atoms with Gasteiger partial charge in [-0.3, -0.25) is 4.79 Å². The van der Waals surface area contributed by atoms with Crippen LogP contribution < -0.4 is 15.8 Å². The number of amides is 1. The van der Waals surface area contributed by atoms with Crippen molar-refractivity contribution in [1.82, 2.24) is 5.32 Å². The summed E-state index contributed by atoms with van der Waals surface area (Å²) in [6.45, 7) is 0.641. The van der Waals surface area contributed by atoms with E-state index in [1.165, 1.54) is 24.2 Å². The molecule has 1 aliphatic carbocycles. The molecule has 0 bridgehead atoms. The van der Waals surface area contributed by atoms with Gasteiger partial charge < -0.3 is 15.8 Å². The fourth-order valence-corrected chi connectivity index (χ4v) is 4.08. The van der Waals surface area contributed by atoms with Gasteiger partial charge >= 0.3 is 0 Å². The highest BCUT2D eigenvalue weighted by molar-refractivity contribution is 9.11. The second-order valence-electron chi connectivity index (χ2n) is 4.81. The number of nitrogens with one attached hydrogen (secondary N) is 1. The zero-order chi connectivity index (χ0) is 13.8. The van der Waals surface area contributed by atoms with Crippen LogP contribution in [-0.2, 0) is 0 Å². The highest BCUT2D eigenvalue weighted by Gasteiger charge is 2.26. The van der Waals surface area contributed by atoms with E-state index in [0.717, 1.165) is 16.6 Å². The summed E-state index contributed by atoms with van der Waals surface area (Å²) in [5.41, 5.74) is 5.78. The summed E-state index contributed by atoms with van der Waals surface area (Å²) in [6.07, 6.45) is 4.52. The van der Waals surface area contributed by atoms with Crippen LogP contribution in [0.5, 0.6) is 5.75 Å². The third-order valence-corrected chi connectivity index (χ3v) is 5.41. The van der Waals surface area contributed by atoms with Crippen molar-refractivity contribution in [2.75, 3.05) is 13.7 Å². The number of carbonyl (C=O) groups is 1. The topological polar surface area (TPSA) is 64.3 Å². The Morgan fingerprint density at radius 3 is 2.85 bits per heavy atom. The van der Waals surface area contributed by atoms with Crippen LogP contribution in [0.4, 0.5) is 0 Å². The van der Waals surface area contributed by atoms with Gasteiger partial charge in [0.05, 0.1) is 12.0 Å². The maximum atomic E-state index is 12.2. The molecule has 20 heavy (non-hydrogen) atoms. The summed E-state index contributed by atoms with van der Waals surface area (Å²) >= 11 is 4.78. The average molecular weight is 384 g/mol. The van der Waals surface area contributed by atoms with Gasteiger partial charge in [-0.25, -0.2) is 0 Å². The highest BCUT2D eigenvalue weighted by Crippen LogP contribution is 2.34. The molecule has 1 aromatic rings. The van der Waals surface area contributed by atoms with Crippen molar-refractivity contribution < 1.29 is 9.53 Å². The molecule has 1 saturated carbocycles. The van der Waals surface area contributed by atoms with Gasteiger partial charge in [0, 0.05) is 12.1 Å². The van der Waals surface area contributed by atoms with Gasteiger partial charge in [-0.05, 0) is 41.2 Å². The summed E-state index contributed by atoms with van der Waals surface area (Å²) in [5.74, 6) is 1.08. The molecule has 114 valence electrons. The summed E-state index contributed by atoms with van der Waals surface area (Å²) < 4.78 is 6.02. The molecule has 1 fully saturated rings. The maximum Gasteiger partial charge on any atom is 0.261 e. The lowest BCUT2D eigenvalue weighted by Crippen LogP contribution is -2.44. The number of hydrogen-bond acceptors (Lipinski definition) is 4. The zero-order valence-electron chi connectivity index (χ0n) is 11.4. The molecule has 1 heterocycles. The lowest BCUT2D eigenvalue weighted by atomic mass is 9.84. The molecule has 1 amide bonds. The van der Waals surface area contributed by atoms with Crippen molar-refractivity contribution >= 4 is 45.6 Å². The second kappa shape index (κ2) is 8.22. The monoisotopic (exact) mass is 382 g/mol. The number of thiophene rings is 1. The molecule has 2 unspecified atom stereocenters. The van der Waals surface area contributed by atoms with Gasteiger partial charge in [-0.15, -0.1) is 23.7 Å². The van der Waals surface area contributed by atoms with E-state index in [0.29, 0.717) is 23.1 Å². The first kappa shape index (κ1) is 17.8. The summed E-state index contributed by atoms with van der Waals surface area (Å²) in [4.78, 5) is 12.9. The van der Waals surface area contributed by atoms with Crippen LogP contribution in [0.2, 0.25) is 0 Å². The van der Waals surface area contributed by atoms with E-state index in [1.807, 2.05) is 0 Å². The Bertz CT molecular complexity index is 456. The number of nitrogens with two attached hydrogens (primary N) is 1. The van der Waals surface area contributed by atoms with Crippen LogP contribution in [0.15, 0.2) is 9.85 Å². The third kappa shape index (κ3) is 4.10. The van der Waals surface area contributed by atoms with E-state index < -0.39 is 0 Å². The lowest BCUT2D eigenvalue weighted by molar-refractivity contribution is 0.0912. The van der Waals surface area contributed by atoms with Crippen LogP contribution in [-0.4, -0.2) is 25.6 Å². The molecule has 1 aromatic heterocycles. The SMILES string of the molecule is COc1cc(C(=O)NC2CCCCC2CN)sc1Br.Cl. The molecule has 0 aromatic carbocycles. The van der Waals surface area contributed by atoms with E-state index in [1.54, 1.807) is 13.2 Å². The van der Waals surface area contributed by atoms with Crippen LogP contribution in [0.3, 0.4) is 0 Å². The standard InChI is InChI=1S/C13H19BrN2O2S.ClH/c1-18-10-6-11(19-12(10)14)13(17)16-9-5-3-2-4-8(9)7-15;/h6,8-9H,2-5,7,15H2,1H3,(H,16,17);1H. The first-order valence-corrected chi connectivity index (χ1v) is 8.11. The molecule has 0 aliphatic heterocycles. The van der Waals surface area contributed by atoms with E-state index in [-0.39, 0.29) is 24.4 Å². The Morgan fingerprint density at radius 1 is 1.55 bits per heavy atom. The van der Waals surface area contributed by atoms with Crippen LogP contribution in [0.1, 0.15) is 35.4 Å². The Balaban J connectivity index is 0.00000200. The van der Waals surface area contributed by atoms with Crippen LogP contribution in [0, 0.1) is 5.92 Å². The van der Waals surface area contributed by atoms with Gasteiger partial charge in [-0.2, -0.15) is 0 Å². The molecule has 4 nitrogen and oxygen atoms in total. The Labute approximate surface area is 138 Å². The first-order valence-electron chi connectivity index (χ1n) is 6.50. The van der Waals surface area contributed by atoms with Gasteiger partial charge in [0.15, 0.2) is 0 Å². The summed E-state index contributed by atoms with van der Waals surface area (Å²) in [5, 5.41) is 3.12. The minimum absolute atomic E-state index is 0. The van der Waals surface area contributed by atoms with Gasteiger partial charge in [0.25, 0.3) is 5.91 Å². The first-order chi connectivity index (χ1) is 9.15. The number of hydrogen-bond donors (Lipinski definition) is 2. The Hall–Kier alpha value is -0.300. The molecular formula is C13H20BrClN2O2S. The zero-order valence-corrected chi connectivity index (χ0v) is 14.6. The van der Waals surface area contributed by atoms with E-state index in [4.69, 9.17) is 10.5 Å². The summed E-state index contributed by atoms with van der Waals surface area (Å²) in [6, 6.07) is 1.97. The van der Waals surface area contributed by atoms with Gasteiger partial charge in [0.2, 0.25) is 0 Å². The maximum absolute atomic E-state index is 12.2. The Morgan fingerprint density at radius 2 is 2.25 bits per heavy atom. The number of rotatable bonds is 4. The van der Waals surface area contributed by atoms with Crippen molar-refractivity contribution in [3.8, 4) is 5.75 Å². The quantitative estimate of drug-likeness (QED) is 0.839. The number of carbonyl (C=O) groups excluding carboxylic acids is 1. The Kier molecular flexibility index (Phi) is 7.29. The minimum Gasteiger partial charge on any atom is -0.495 e. The van der Waals surface area contributed by atoms with Crippen molar-refractivity contribution in [1.29, 1.82) is 0 Å². The molecular weight excluding hydrogens is 364 g/mol. The predicted molar refractivity (Wildman–Crippen MR) is 88.1 cm³/mol. The number of halogens is 2. The van der Waals surface area contributed by atoms with Crippen LogP contribution >= 0.6 is 39.7 Å². The molecule has 7 heteroatoms. The lowest BCUT2D eigenvalue weighted by Gasteiger charge is -2.31. The van der Waals surface area contributed by atoms with Crippen molar-refractivity contribution in [2.45, 2.75) is 31.7 Å². The largest absolute Gasteiger partial charge is 0.495 e. The highest BCUT2D eigenvalue weighted by atomic mass is 79.9.